The Morgan fingerprint density at radius 2 is 2.40 bits per heavy atom. The summed E-state index contributed by atoms with van der Waals surface area (Å²) in [5, 5.41) is 8.71. The Hall–Kier alpha value is -0.870. The van der Waals surface area contributed by atoms with Gasteiger partial charge in [0.15, 0.2) is 0 Å². The molecule has 10 heavy (non-hydrogen) atoms. The highest BCUT2D eigenvalue weighted by molar-refractivity contribution is 6.28. The summed E-state index contributed by atoms with van der Waals surface area (Å²) in [6.07, 6.45) is 1.36. The average Bonchev–Trinajstić information content (AvgIpc) is 1.94. The van der Waals surface area contributed by atoms with Crippen LogP contribution in [0.1, 0.15) is 5.69 Å². The minimum atomic E-state index is -0.214. The highest BCUT2D eigenvalue weighted by atomic mass is 35.5. The van der Waals surface area contributed by atoms with E-state index in [9.17, 15) is 0 Å². The number of halogens is 1. The highest BCUT2D eigenvalue weighted by Crippen LogP contribution is 2.08. The molecule has 0 spiro atoms. The van der Waals surface area contributed by atoms with E-state index in [4.69, 9.17) is 22.4 Å². The van der Waals surface area contributed by atoms with Crippen molar-refractivity contribution in [1.82, 2.24) is 9.97 Å². The normalized spacial score (nSPS) is 9.80. The van der Waals surface area contributed by atoms with Crippen LogP contribution in [0.4, 0.5) is 5.69 Å². The van der Waals surface area contributed by atoms with Crippen molar-refractivity contribution in [2.45, 2.75) is 6.61 Å². The summed E-state index contributed by atoms with van der Waals surface area (Å²) in [5.74, 6) is 0. The Balaban J connectivity index is 3.09. The van der Waals surface area contributed by atoms with E-state index in [0.717, 1.165) is 0 Å². The smallest absolute Gasteiger partial charge is 0.222 e. The van der Waals surface area contributed by atoms with Gasteiger partial charge in [-0.25, -0.2) is 9.97 Å². The minimum absolute atomic E-state index is 0.0956. The summed E-state index contributed by atoms with van der Waals surface area (Å²) < 4.78 is 0. The first-order valence-electron chi connectivity index (χ1n) is 2.62. The number of aliphatic hydroxyl groups excluding tert-OH is 1. The number of hydrogen-bond donors (Lipinski definition) is 2. The van der Waals surface area contributed by atoms with Gasteiger partial charge < -0.3 is 10.8 Å². The van der Waals surface area contributed by atoms with Crippen molar-refractivity contribution in [1.29, 1.82) is 0 Å². The van der Waals surface area contributed by atoms with Crippen LogP contribution >= 0.6 is 11.6 Å². The molecule has 0 aromatic carbocycles. The summed E-state index contributed by atoms with van der Waals surface area (Å²) in [5.41, 5.74) is 6.07. The van der Waals surface area contributed by atoms with Crippen molar-refractivity contribution in [3.8, 4) is 0 Å². The predicted octanol–water partition coefficient (Wildman–Crippen LogP) is 0.205. The van der Waals surface area contributed by atoms with Crippen molar-refractivity contribution in [3.05, 3.63) is 17.2 Å². The number of rotatable bonds is 1. The van der Waals surface area contributed by atoms with Gasteiger partial charge in [0.1, 0.15) is 0 Å². The zero-order valence-corrected chi connectivity index (χ0v) is 5.84. The van der Waals surface area contributed by atoms with E-state index < -0.39 is 0 Å². The van der Waals surface area contributed by atoms with Gasteiger partial charge in [-0.15, -0.1) is 0 Å². The topological polar surface area (TPSA) is 72.0 Å². The molecule has 1 aromatic rings. The lowest BCUT2D eigenvalue weighted by Crippen LogP contribution is -1.99. The third-order valence-corrected chi connectivity index (χ3v) is 1.20. The summed E-state index contributed by atoms with van der Waals surface area (Å²) >= 11 is 5.41. The molecule has 0 unspecified atom stereocenters. The lowest BCUT2D eigenvalue weighted by atomic mass is 10.4. The van der Waals surface area contributed by atoms with Crippen molar-refractivity contribution in [3.63, 3.8) is 0 Å². The van der Waals surface area contributed by atoms with Crippen molar-refractivity contribution in [2.24, 2.45) is 0 Å². The van der Waals surface area contributed by atoms with E-state index in [2.05, 4.69) is 9.97 Å². The van der Waals surface area contributed by atoms with Crippen LogP contribution in [0.5, 0.6) is 0 Å². The third kappa shape index (κ3) is 1.34. The Labute approximate surface area is 62.7 Å². The Bertz CT molecular complexity index is 240. The van der Waals surface area contributed by atoms with Gasteiger partial charge in [0, 0.05) is 0 Å². The van der Waals surface area contributed by atoms with Crippen LogP contribution in [0.2, 0.25) is 5.28 Å². The minimum Gasteiger partial charge on any atom is -0.396 e. The quantitative estimate of drug-likeness (QED) is 0.575. The second-order valence-corrected chi connectivity index (χ2v) is 2.04. The number of nitrogens with zero attached hydrogens (tertiary/aromatic N) is 2. The molecule has 0 amide bonds. The fourth-order valence-corrected chi connectivity index (χ4v) is 0.680. The molecule has 4 nitrogen and oxygen atoms in total. The predicted molar refractivity (Wildman–Crippen MR) is 37.4 cm³/mol. The molecule has 0 radical (unpaired) electrons. The molecule has 1 aromatic heterocycles. The average molecular weight is 160 g/mol. The second-order valence-electron chi connectivity index (χ2n) is 1.70. The molecule has 0 aliphatic heterocycles. The van der Waals surface area contributed by atoms with E-state index >= 15 is 0 Å². The first-order chi connectivity index (χ1) is 4.74. The first-order valence-corrected chi connectivity index (χ1v) is 2.99. The first kappa shape index (κ1) is 7.24. The van der Waals surface area contributed by atoms with Gasteiger partial charge in [-0.05, 0) is 11.6 Å². The number of nitrogen functional groups attached to an aromatic ring is 1. The van der Waals surface area contributed by atoms with Crippen LogP contribution in [0.25, 0.3) is 0 Å². The van der Waals surface area contributed by atoms with Gasteiger partial charge in [0.25, 0.3) is 0 Å². The van der Waals surface area contributed by atoms with Gasteiger partial charge in [0.05, 0.1) is 24.2 Å². The molecule has 54 valence electrons. The van der Waals surface area contributed by atoms with Crippen molar-refractivity contribution >= 4 is 17.3 Å². The fourth-order valence-electron chi connectivity index (χ4n) is 0.529. The molecule has 1 heterocycles. The van der Waals surface area contributed by atoms with Crippen LogP contribution in [0.15, 0.2) is 6.20 Å². The maximum Gasteiger partial charge on any atom is 0.222 e. The molecule has 0 aliphatic rings. The van der Waals surface area contributed by atoms with Crippen LogP contribution in [0, 0.1) is 0 Å². The van der Waals surface area contributed by atoms with E-state index in [1.807, 2.05) is 0 Å². The summed E-state index contributed by atoms with van der Waals surface area (Å²) in [6.45, 7) is -0.214. The summed E-state index contributed by atoms with van der Waals surface area (Å²) in [6, 6.07) is 0. The Kier molecular flexibility index (Phi) is 2.03. The zero-order chi connectivity index (χ0) is 7.56. The maximum atomic E-state index is 8.61. The van der Waals surface area contributed by atoms with Gasteiger partial charge in [-0.3, -0.25) is 0 Å². The molecule has 3 N–H and O–H groups in total. The van der Waals surface area contributed by atoms with Crippen molar-refractivity contribution in [2.75, 3.05) is 5.73 Å². The van der Waals surface area contributed by atoms with Gasteiger partial charge in [-0.1, -0.05) is 0 Å². The second kappa shape index (κ2) is 2.81. The molecule has 0 bridgehead atoms. The molecule has 0 atom stereocenters. The molecule has 5 heteroatoms. The number of aliphatic hydroxyl groups is 1. The number of hydrogen-bond acceptors (Lipinski definition) is 4. The fraction of sp³-hybridized carbons (Fsp3) is 0.200. The molecule has 0 fully saturated rings. The monoisotopic (exact) mass is 159 g/mol. The lowest BCUT2D eigenvalue weighted by molar-refractivity contribution is 0.277. The Morgan fingerprint density at radius 1 is 1.70 bits per heavy atom. The van der Waals surface area contributed by atoms with E-state index in [1.165, 1.54) is 6.20 Å². The standard InChI is InChI=1S/C5H6ClN3O/c6-5-8-1-3(7)4(2-10)9-5/h1,10H,2,7H2. The maximum absolute atomic E-state index is 8.61. The molecular weight excluding hydrogens is 154 g/mol. The zero-order valence-electron chi connectivity index (χ0n) is 5.08. The van der Waals surface area contributed by atoms with E-state index in [-0.39, 0.29) is 11.9 Å². The van der Waals surface area contributed by atoms with E-state index in [1.54, 1.807) is 0 Å². The lowest BCUT2D eigenvalue weighted by Gasteiger charge is -1.98. The van der Waals surface area contributed by atoms with Gasteiger partial charge >= 0.3 is 0 Å². The van der Waals surface area contributed by atoms with Gasteiger partial charge in [0.2, 0.25) is 5.28 Å². The third-order valence-electron chi connectivity index (χ3n) is 1.02. The molecule has 0 saturated heterocycles. The van der Waals surface area contributed by atoms with Crippen LogP contribution in [-0.4, -0.2) is 15.1 Å². The van der Waals surface area contributed by atoms with E-state index in [0.29, 0.717) is 11.4 Å². The number of anilines is 1. The Morgan fingerprint density at radius 3 is 2.90 bits per heavy atom. The van der Waals surface area contributed by atoms with Gasteiger partial charge in [-0.2, -0.15) is 0 Å². The van der Waals surface area contributed by atoms with Crippen LogP contribution in [0.3, 0.4) is 0 Å². The molecular formula is C5H6ClN3O. The summed E-state index contributed by atoms with van der Waals surface area (Å²) in [4.78, 5) is 7.28. The number of nitrogens with two attached hydrogens (primary N) is 1. The molecule has 1 rings (SSSR count). The highest BCUT2D eigenvalue weighted by Gasteiger charge is 1.99. The SMILES string of the molecule is Nc1cnc(Cl)nc1CO. The van der Waals surface area contributed by atoms with Crippen LogP contribution < -0.4 is 5.73 Å². The summed E-state index contributed by atoms with van der Waals surface area (Å²) in [7, 11) is 0. The molecule has 0 saturated carbocycles. The number of aromatic nitrogens is 2. The van der Waals surface area contributed by atoms with Crippen LogP contribution in [-0.2, 0) is 6.61 Å². The van der Waals surface area contributed by atoms with Crippen molar-refractivity contribution < 1.29 is 5.11 Å². The largest absolute Gasteiger partial charge is 0.396 e. The molecule has 0 aliphatic carbocycles.